The number of nitrogens with one attached hydrogen (secondary N) is 1. The lowest BCUT2D eigenvalue weighted by Gasteiger charge is -2.10. The van der Waals surface area contributed by atoms with Crippen molar-refractivity contribution in [3.8, 4) is 28.1 Å². The molecule has 0 spiro atoms. The molecule has 0 atom stereocenters. The normalized spacial score (nSPS) is 11.2. The van der Waals surface area contributed by atoms with Gasteiger partial charge in [0.05, 0.1) is 11.3 Å². The number of aromatic nitrogens is 3. The maximum absolute atomic E-state index is 12.8. The first-order valence-corrected chi connectivity index (χ1v) is 9.13. The van der Waals surface area contributed by atoms with Crippen LogP contribution in [0.5, 0.6) is 0 Å². The standard InChI is InChI=1S/C19H13ClIN3O/c1-11-17(12-3-2-4-14(21)9-12)18-16(10-22-11)19(25)24(23-18)15-7-5-13(20)6-8-15/h2-10,22H,1H3. The Labute approximate surface area is 163 Å². The zero-order valence-electron chi connectivity index (χ0n) is 13.3. The second-order valence-electron chi connectivity index (χ2n) is 5.75. The summed E-state index contributed by atoms with van der Waals surface area (Å²) >= 11 is 8.23. The average molecular weight is 462 g/mol. The molecule has 0 amide bonds. The molecular weight excluding hydrogens is 449 g/mol. The van der Waals surface area contributed by atoms with Crippen molar-refractivity contribution in [2.45, 2.75) is 6.92 Å². The van der Waals surface area contributed by atoms with Crippen molar-refractivity contribution in [2.75, 3.05) is 0 Å². The van der Waals surface area contributed by atoms with Crippen LogP contribution in [0.15, 0.2) is 59.5 Å². The molecule has 2 heterocycles. The number of H-pyrrole nitrogens is 1. The summed E-state index contributed by atoms with van der Waals surface area (Å²) in [5, 5.41) is 5.24. The van der Waals surface area contributed by atoms with Gasteiger partial charge >= 0.3 is 0 Å². The summed E-state index contributed by atoms with van der Waals surface area (Å²) in [5.41, 5.74) is 4.74. The molecule has 0 fully saturated rings. The molecule has 0 aliphatic carbocycles. The number of hydrogen-bond acceptors (Lipinski definition) is 2. The Morgan fingerprint density at radius 2 is 1.92 bits per heavy atom. The molecule has 25 heavy (non-hydrogen) atoms. The molecule has 0 radical (unpaired) electrons. The highest BCUT2D eigenvalue weighted by molar-refractivity contribution is 14.1. The second-order valence-corrected chi connectivity index (χ2v) is 7.44. The molecule has 2 aromatic rings. The zero-order valence-corrected chi connectivity index (χ0v) is 16.2. The number of aryl methyl sites for hydroxylation is 1. The third-order valence-electron chi connectivity index (χ3n) is 4.11. The fourth-order valence-electron chi connectivity index (χ4n) is 2.91. The molecule has 124 valence electrons. The smallest absolute Gasteiger partial charge is 0.282 e. The summed E-state index contributed by atoms with van der Waals surface area (Å²) in [6.07, 6.45) is 1.73. The van der Waals surface area contributed by atoms with Crippen LogP contribution in [0.4, 0.5) is 0 Å². The van der Waals surface area contributed by atoms with Crippen molar-refractivity contribution < 1.29 is 0 Å². The molecule has 2 aromatic carbocycles. The van der Waals surface area contributed by atoms with Gasteiger partial charge in [-0.3, -0.25) is 4.79 Å². The Hall–Kier alpha value is -2.12. The first kappa shape index (κ1) is 16.4. The largest absolute Gasteiger partial charge is 0.364 e. The summed E-state index contributed by atoms with van der Waals surface area (Å²) < 4.78 is 2.55. The lowest BCUT2D eigenvalue weighted by molar-refractivity contribution is 0.858. The van der Waals surface area contributed by atoms with E-state index < -0.39 is 0 Å². The average Bonchev–Trinajstić information content (AvgIpc) is 2.92. The molecule has 0 aromatic heterocycles. The van der Waals surface area contributed by atoms with Gasteiger partial charge in [0.25, 0.3) is 5.56 Å². The van der Waals surface area contributed by atoms with Crippen LogP contribution in [0.25, 0.3) is 28.1 Å². The van der Waals surface area contributed by atoms with Crippen LogP contribution in [0.1, 0.15) is 5.69 Å². The van der Waals surface area contributed by atoms with Crippen LogP contribution in [-0.2, 0) is 0 Å². The van der Waals surface area contributed by atoms with E-state index in [0.717, 1.165) is 20.4 Å². The minimum Gasteiger partial charge on any atom is -0.364 e. The van der Waals surface area contributed by atoms with Crippen molar-refractivity contribution in [3.05, 3.63) is 79.4 Å². The van der Waals surface area contributed by atoms with Gasteiger partial charge < -0.3 is 4.98 Å². The Kier molecular flexibility index (Phi) is 4.13. The molecule has 0 saturated heterocycles. The number of fused-ring (bicyclic) bond motifs is 1. The summed E-state index contributed by atoms with van der Waals surface area (Å²) in [6.45, 7) is 1.99. The lowest BCUT2D eigenvalue weighted by atomic mass is 9.99. The third kappa shape index (κ3) is 2.87. The van der Waals surface area contributed by atoms with E-state index in [-0.39, 0.29) is 5.56 Å². The molecule has 0 bridgehead atoms. The van der Waals surface area contributed by atoms with Crippen molar-refractivity contribution in [1.29, 1.82) is 0 Å². The van der Waals surface area contributed by atoms with Crippen molar-refractivity contribution in [3.63, 3.8) is 0 Å². The first-order chi connectivity index (χ1) is 12.0. The second kappa shape index (κ2) is 6.31. The summed E-state index contributed by atoms with van der Waals surface area (Å²) in [4.78, 5) is 16.0. The van der Waals surface area contributed by atoms with E-state index in [9.17, 15) is 4.79 Å². The van der Waals surface area contributed by atoms with Gasteiger partial charge in [-0.2, -0.15) is 9.78 Å². The molecule has 2 aliphatic heterocycles. The molecule has 0 unspecified atom stereocenters. The molecule has 6 heteroatoms. The molecule has 4 rings (SSSR count). The summed E-state index contributed by atoms with van der Waals surface area (Å²) in [6, 6.07) is 15.2. The van der Waals surface area contributed by atoms with E-state index >= 15 is 0 Å². The SMILES string of the molecule is Cc1[nH]cc2c(=O)n(-c3ccc(Cl)cc3)nc-2c1-c1cccc(I)c1. The van der Waals surface area contributed by atoms with Crippen molar-refractivity contribution >= 4 is 34.2 Å². The van der Waals surface area contributed by atoms with E-state index in [1.54, 1.807) is 30.5 Å². The minimum atomic E-state index is -0.152. The fraction of sp³-hybridized carbons (Fsp3) is 0.0526. The van der Waals surface area contributed by atoms with Crippen molar-refractivity contribution in [1.82, 2.24) is 14.8 Å². The first-order valence-electron chi connectivity index (χ1n) is 7.67. The Balaban J connectivity index is 1.99. The topological polar surface area (TPSA) is 50.7 Å². The Morgan fingerprint density at radius 3 is 2.64 bits per heavy atom. The number of aromatic amines is 1. The molecule has 2 aliphatic rings. The van der Waals surface area contributed by atoms with Gasteiger partial charge in [-0.25, -0.2) is 0 Å². The minimum absolute atomic E-state index is 0.152. The molecule has 4 nitrogen and oxygen atoms in total. The van der Waals surface area contributed by atoms with Gasteiger partial charge in [0.1, 0.15) is 5.69 Å². The summed E-state index contributed by atoms with van der Waals surface area (Å²) in [7, 11) is 0. The number of halogens is 2. The number of benzene rings is 2. The van der Waals surface area contributed by atoms with E-state index in [4.69, 9.17) is 11.6 Å². The van der Waals surface area contributed by atoms with Gasteiger partial charge in [0.15, 0.2) is 0 Å². The molecule has 0 saturated carbocycles. The predicted octanol–water partition coefficient (Wildman–Crippen LogP) is 4.90. The number of hydrogen-bond donors (Lipinski definition) is 1. The van der Waals surface area contributed by atoms with Crippen LogP contribution >= 0.6 is 34.2 Å². The maximum Gasteiger partial charge on any atom is 0.282 e. The Bertz CT molecular complexity index is 1100. The zero-order chi connectivity index (χ0) is 17.6. The van der Waals surface area contributed by atoms with Crippen LogP contribution in [0.2, 0.25) is 5.02 Å². The van der Waals surface area contributed by atoms with E-state index in [2.05, 4.69) is 38.7 Å². The highest BCUT2D eigenvalue weighted by Crippen LogP contribution is 2.33. The van der Waals surface area contributed by atoms with Gasteiger partial charge in [-0.1, -0.05) is 23.7 Å². The predicted molar refractivity (Wildman–Crippen MR) is 109 cm³/mol. The van der Waals surface area contributed by atoms with Gasteiger partial charge in [0.2, 0.25) is 0 Å². The Morgan fingerprint density at radius 1 is 1.16 bits per heavy atom. The molecule has 1 N–H and O–H groups in total. The van der Waals surface area contributed by atoms with Gasteiger partial charge in [0, 0.05) is 26.0 Å². The highest BCUT2D eigenvalue weighted by Gasteiger charge is 2.22. The van der Waals surface area contributed by atoms with Crippen molar-refractivity contribution in [2.24, 2.45) is 0 Å². The lowest BCUT2D eigenvalue weighted by Crippen LogP contribution is -2.14. The van der Waals surface area contributed by atoms with Crippen LogP contribution in [-0.4, -0.2) is 14.8 Å². The third-order valence-corrected chi connectivity index (χ3v) is 5.03. The summed E-state index contributed by atoms with van der Waals surface area (Å²) in [5.74, 6) is 0. The quantitative estimate of drug-likeness (QED) is 0.432. The monoisotopic (exact) mass is 461 g/mol. The number of nitrogens with zero attached hydrogens (tertiary/aromatic N) is 2. The van der Waals surface area contributed by atoms with Gasteiger partial charge in [-0.15, -0.1) is 0 Å². The number of rotatable bonds is 2. The van der Waals surface area contributed by atoms with Gasteiger partial charge in [-0.05, 0) is 71.5 Å². The van der Waals surface area contributed by atoms with Crippen LogP contribution < -0.4 is 5.56 Å². The van der Waals surface area contributed by atoms with Crippen LogP contribution in [0.3, 0.4) is 0 Å². The number of pyridine rings is 1. The molecular formula is C19H13ClIN3O. The maximum atomic E-state index is 12.8. The fourth-order valence-corrected chi connectivity index (χ4v) is 3.58. The van der Waals surface area contributed by atoms with E-state index in [1.807, 2.05) is 25.1 Å². The van der Waals surface area contributed by atoms with E-state index in [1.165, 1.54) is 4.68 Å². The highest BCUT2D eigenvalue weighted by atomic mass is 127. The van der Waals surface area contributed by atoms with Crippen LogP contribution in [0, 0.1) is 10.5 Å². The van der Waals surface area contributed by atoms with E-state index in [0.29, 0.717) is 22.0 Å².